The first-order chi connectivity index (χ1) is 9.10. The third-order valence-electron chi connectivity index (χ3n) is 2.61. The van der Waals surface area contributed by atoms with Gasteiger partial charge in [0.2, 0.25) is 0 Å². The van der Waals surface area contributed by atoms with Crippen LogP contribution in [0.3, 0.4) is 0 Å². The number of rotatable bonds is 3. The lowest BCUT2D eigenvalue weighted by molar-refractivity contribution is 0.0950. The van der Waals surface area contributed by atoms with Crippen molar-refractivity contribution < 1.29 is 13.6 Å². The molecule has 0 atom stereocenters. The molecule has 0 unspecified atom stereocenters. The van der Waals surface area contributed by atoms with Gasteiger partial charge in [0.25, 0.3) is 5.91 Å². The Hall–Kier alpha value is -2.61. The third-order valence-corrected chi connectivity index (χ3v) is 2.61. The summed E-state index contributed by atoms with van der Waals surface area (Å²) in [5.41, 5.74) is 0.970. The summed E-state index contributed by atoms with van der Waals surface area (Å²) < 4.78 is 18.6. The van der Waals surface area contributed by atoms with Gasteiger partial charge in [-0.25, -0.2) is 4.39 Å². The van der Waals surface area contributed by atoms with Gasteiger partial charge < -0.3 is 9.73 Å². The molecule has 5 heteroatoms. The Morgan fingerprint density at radius 3 is 2.84 bits per heavy atom. The van der Waals surface area contributed by atoms with Gasteiger partial charge >= 0.3 is 0 Å². The topological polar surface area (TPSA) is 66.0 Å². The van der Waals surface area contributed by atoms with E-state index in [4.69, 9.17) is 9.68 Å². The summed E-state index contributed by atoms with van der Waals surface area (Å²) in [6.45, 7) is 1.79. The van der Waals surface area contributed by atoms with Crippen molar-refractivity contribution in [3.63, 3.8) is 0 Å². The van der Waals surface area contributed by atoms with Crippen molar-refractivity contribution in [1.29, 1.82) is 5.26 Å². The largest absolute Gasteiger partial charge is 0.469 e. The van der Waals surface area contributed by atoms with Crippen LogP contribution in [0.15, 0.2) is 34.9 Å². The highest BCUT2D eigenvalue weighted by atomic mass is 19.1. The van der Waals surface area contributed by atoms with E-state index >= 15 is 0 Å². The number of hydrogen-bond donors (Lipinski definition) is 1. The molecule has 1 aromatic carbocycles. The molecule has 0 spiro atoms. The first kappa shape index (κ1) is 12.8. The normalized spacial score (nSPS) is 9.95. The number of halogens is 1. The highest BCUT2D eigenvalue weighted by Crippen LogP contribution is 2.11. The van der Waals surface area contributed by atoms with Gasteiger partial charge in [-0.15, -0.1) is 0 Å². The first-order valence-corrected chi connectivity index (χ1v) is 5.62. The summed E-state index contributed by atoms with van der Waals surface area (Å²) in [7, 11) is 0. The molecule has 19 heavy (non-hydrogen) atoms. The second-order valence-corrected chi connectivity index (χ2v) is 4.05. The summed E-state index contributed by atoms with van der Waals surface area (Å²) in [5, 5.41) is 11.2. The highest BCUT2D eigenvalue weighted by molar-refractivity contribution is 5.93. The van der Waals surface area contributed by atoms with Gasteiger partial charge in [0, 0.05) is 12.1 Å². The van der Waals surface area contributed by atoms with Crippen molar-refractivity contribution >= 4 is 5.91 Å². The molecule has 0 bridgehead atoms. The van der Waals surface area contributed by atoms with E-state index in [-0.39, 0.29) is 18.0 Å². The zero-order valence-electron chi connectivity index (χ0n) is 10.2. The molecule has 96 valence electrons. The van der Waals surface area contributed by atoms with Gasteiger partial charge in [0.1, 0.15) is 17.8 Å². The zero-order valence-corrected chi connectivity index (χ0v) is 10.2. The molecule has 0 aliphatic rings. The molecule has 0 aliphatic carbocycles. The van der Waals surface area contributed by atoms with Gasteiger partial charge in [0.05, 0.1) is 17.2 Å². The molecule has 0 saturated heterocycles. The van der Waals surface area contributed by atoms with Gasteiger partial charge in [-0.1, -0.05) is 6.07 Å². The summed E-state index contributed by atoms with van der Waals surface area (Å²) in [6, 6.07) is 7.58. The number of nitriles is 1. The molecule has 1 heterocycles. The SMILES string of the molecule is Cc1cc(C(=O)NCc2ccc(C#N)cc2F)co1. The number of nitrogens with zero attached hydrogens (tertiary/aromatic N) is 1. The fourth-order valence-electron chi connectivity index (χ4n) is 1.60. The van der Waals surface area contributed by atoms with Crippen LogP contribution in [0.25, 0.3) is 0 Å². The van der Waals surface area contributed by atoms with Crippen molar-refractivity contribution in [3.05, 3.63) is 58.8 Å². The zero-order chi connectivity index (χ0) is 13.8. The van der Waals surface area contributed by atoms with Crippen molar-refractivity contribution in [2.45, 2.75) is 13.5 Å². The van der Waals surface area contributed by atoms with Crippen LogP contribution >= 0.6 is 0 Å². The Labute approximate surface area is 109 Å². The van der Waals surface area contributed by atoms with E-state index in [9.17, 15) is 9.18 Å². The fraction of sp³-hybridized carbons (Fsp3) is 0.143. The minimum absolute atomic E-state index is 0.0562. The number of hydrogen-bond acceptors (Lipinski definition) is 3. The van der Waals surface area contributed by atoms with E-state index in [0.717, 1.165) is 6.07 Å². The molecule has 0 aliphatic heterocycles. The van der Waals surface area contributed by atoms with Crippen molar-refractivity contribution in [3.8, 4) is 6.07 Å². The summed E-state index contributed by atoms with van der Waals surface area (Å²) in [5.74, 6) is -0.210. The minimum Gasteiger partial charge on any atom is -0.469 e. The lowest BCUT2D eigenvalue weighted by Gasteiger charge is -2.05. The Balaban J connectivity index is 2.03. The van der Waals surface area contributed by atoms with Gasteiger partial charge in [-0.3, -0.25) is 4.79 Å². The monoisotopic (exact) mass is 258 g/mol. The molecule has 2 rings (SSSR count). The Kier molecular flexibility index (Phi) is 3.62. The maximum absolute atomic E-state index is 13.6. The second kappa shape index (κ2) is 5.36. The second-order valence-electron chi connectivity index (χ2n) is 4.05. The van der Waals surface area contributed by atoms with Gasteiger partial charge in [-0.2, -0.15) is 5.26 Å². The number of carbonyl (C=O) groups excluding carboxylic acids is 1. The van der Waals surface area contributed by atoms with Crippen LogP contribution in [0, 0.1) is 24.1 Å². The molecule has 4 nitrogen and oxygen atoms in total. The minimum atomic E-state index is -0.511. The molecule has 0 radical (unpaired) electrons. The van der Waals surface area contributed by atoms with Crippen LogP contribution in [0.2, 0.25) is 0 Å². The van der Waals surface area contributed by atoms with Crippen LogP contribution in [0.5, 0.6) is 0 Å². The summed E-state index contributed by atoms with van der Waals surface area (Å²) >= 11 is 0. The van der Waals surface area contributed by atoms with E-state index < -0.39 is 5.82 Å². The lowest BCUT2D eigenvalue weighted by atomic mass is 10.1. The lowest BCUT2D eigenvalue weighted by Crippen LogP contribution is -2.22. The molecule has 2 aromatic rings. The van der Waals surface area contributed by atoms with Crippen molar-refractivity contribution in [1.82, 2.24) is 5.32 Å². The molecule has 1 N–H and O–H groups in total. The van der Waals surface area contributed by atoms with Crippen LogP contribution in [0.4, 0.5) is 4.39 Å². The number of benzene rings is 1. The molecular formula is C14H11FN2O2. The summed E-state index contributed by atoms with van der Waals surface area (Å²) in [6.07, 6.45) is 1.35. The van der Waals surface area contributed by atoms with Crippen molar-refractivity contribution in [2.24, 2.45) is 0 Å². The predicted molar refractivity (Wildman–Crippen MR) is 65.7 cm³/mol. The van der Waals surface area contributed by atoms with Crippen molar-refractivity contribution in [2.75, 3.05) is 0 Å². The highest BCUT2D eigenvalue weighted by Gasteiger charge is 2.10. The molecule has 1 aromatic heterocycles. The smallest absolute Gasteiger partial charge is 0.254 e. The average Bonchev–Trinajstić information content (AvgIpc) is 2.83. The van der Waals surface area contributed by atoms with Gasteiger partial charge in [0.15, 0.2) is 0 Å². The van der Waals surface area contributed by atoms with E-state index in [1.54, 1.807) is 13.0 Å². The van der Waals surface area contributed by atoms with E-state index in [1.165, 1.54) is 18.4 Å². The fourth-order valence-corrected chi connectivity index (χ4v) is 1.60. The molecule has 0 fully saturated rings. The number of furan rings is 1. The van der Waals surface area contributed by atoms with E-state index in [0.29, 0.717) is 16.9 Å². The molecule has 0 saturated carbocycles. The molecular weight excluding hydrogens is 247 g/mol. The van der Waals surface area contributed by atoms with Crippen LogP contribution in [-0.2, 0) is 6.54 Å². The van der Waals surface area contributed by atoms with E-state index in [2.05, 4.69) is 5.32 Å². The van der Waals surface area contributed by atoms with Crippen LogP contribution in [0.1, 0.15) is 27.2 Å². The standard InChI is InChI=1S/C14H11FN2O2/c1-9-4-12(8-19-9)14(18)17-7-11-3-2-10(6-16)5-13(11)15/h2-5,8H,7H2,1H3,(H,17,18). The Morgan fingerprint density at radius 2 is 2.26 bits per heavy atom. The van der Waals surface area contributed by atoms with Crippen LogP contribution < -0.4 is 5.32 Å². The van der Waals surface area contributed by atoms with Gasteiger partial charge in [-0.05, 0) is 25.1 Å². The first-order valence-electron chi connectivity index (χ1n) is 5.62. The van der Waals surface area contributed by atoms with E-state index in [1.807, 2.05) is 6.07 Å². The number of nitrogens with one attached hydrogen (secondary N) is 1. The van der Waals surface area contributed by atoms with Crippen LogP contribution in [-0.4, -0.2) is 5.91 Å². The number of aryl methyl sites for hydroxylation is 1. The third kappa shape index (κ3) is 2.99. The number of amides is 1. The number of carbonyl (C=O) groups is 1. The Bertz CT molecular complexity index is 656. The Morgan fingerprint density at radius 1 is 1.47 bits per heavy atom. The maximum Gasteiger partial charge on any atom is 0.254 e. The maximum atomic E-state index is 13.6. The molecule has 1 amide bonds. The average molecular weight is 258 g/mol. The quantitative estimate of drug-likeness (QED) is 0.919. The predicted octanol–water partition coefficient (Wildman–Crippen LogP) is 2.53. The summed E-state index contributed by atoms with van der Waals surface area (Å²) in [4.78, 5) is 11.7.